The fraction of sp³-hybridized carbons (Fsp3) is 0.846. The Balaban J connectivity index is 2.14. The Kier molecular flexibility index (Phi) is 5.34. The third-order valence-corrected chi connectivity index (χ3v) is 5.35. The van der Waals surface area contributed by atoms with Crippen LogP contribution in [0.5, 0.6) is 0 Å². The predicted molar refractivity (Wildman–Crippen MR) is 78.1 cm³/mol. The zero-order valence-electron chi connectivity index (χ0n) is 12.3. The Hall–Kier alpha value is -0.990. The number of amides is 2. The van der Waals surface area contributed by atoms with Crippen molar-refractivity contribution in [2.24, 2.45) is 5.92 Å². The molecular weight excluding hydrogens is 296 g/mol. The molecule has 2 heterocycles. The van der Waals surface area contributed by atoms with Crippen LogP contribution in [0.15, 0.2) is 0 Å². The van der Waals surface area contributed by atoms with Gasteiger partial charge in [0, 0.05) is 12.3 Å². The second-order valence-corrected chi connectivity index (χ2v) is 6.78. The first-order chi connectivity index (χ1) is 9.95. The minimum Gasteiger partial charge on any atom is -0.480 e. The van der Waals surface area contributed by atoms with E-state index in [0.717, 1.165) is 0 Å². The number of aliphatic hydroxyl groups is 1. The van der Waals surface area contributed by atoms with E-state index in [4.69, 9.17) is 9.84 Å². The largest absolute Gasteiger partial charge is 0.480 e. The number of morpholine rings is 1. The summed E-state index contributed by atoms with van der Waals surface area (Å²) in [7, 11) is 0. The van der Waals surface area contributed by atoms with E-state index in [1.807, 2.05) is 13.8 Å². The molecule has 3 atom stereocenters. The van der Waals surface area contributed by atoms with Crippen LogP contribution in [0.3, 0.4) is 0 Å². The summed E-state index contributed by atoms with van der Waals surface area (Å²) in [6, 6.07) is -1.06. The maximum atomic E-state index is 12.7. The van der Waals surface area contributed by atoms with Gasteiger partial charge in [-0.15, -0.1) is 11.8 Å². The fourth-order valence-corrected chi connectivity index (χ4v) is 4.11. The van der Waals surface area contributed by atoms with Gasteiger partial charge in [-0.1, -0.05) is 13.8 Å². The lowest BCUT2D eigenvalue weighted by molar-refractivity contribution is -0.141. The molecule has 2 amide bonds. The fourth-order valence-electron chi connectivity index (χ4n) is 2.64. The molecule has 2 rings (SSSR count). The first-order valence-corrected chi connectivity index (χ1v) is 8.14. The Morgan fingerprint density at radius 1 is 1.43 bits per heavy atom. The standard InChI is InChI=1S/C13H22N2O5S/c1-8(2)11-15(10(7-21-11)12(17)18)13(19)14-3-4-20-9(5-14)6-16/h8-11,16H,3-7H2,1-2H3,(H,17,18). The molecule has 2 saturated heterocycles. The van der Waals surface area contributed by atoms with E-state index in [1.165, 1.54) is 16.7 Å². The van der Waals surface area contributed by atoms with Gasteiger partial charge in [0.25, 0.3) is 0 Å². The SMILES string of the molecule is CC(C)C1SCC(C(=O)O)N1C(=O)N1CCOC(CO)C1. The van der Waals surface area contributed by atoms with E-state index < -0.39 is 18.1 Å². The molecule has 0 radical (unpaired) electrons. The molecule has 120 valence electrons. The molecule has 3 unspecified atom stereocenters. The monoisotopic (exact) mass is 318 g/mol. The zero-order valence-corrected chi connectivity index (χ0v) is 13.1. The highest BCUT2D eigenvalue weighted by Gasteiger charge is 2.45. The Morgan fingerprint density at radius 2 is 2.14 bits per heavy atom. The van der Waals surface area contributed by atoms with Gasteiger partial charge in [0.1, 0.15) is 6.04 Å². The second-order valence-electron chi connectivity index (χ2n) is 5.63. The summed E-state index contributed by atoms with van der Waals surface area (Å²) in [5, 5.41) is 18.4. The van der Waals surface area contributed by atoms with Crippen molar-refractivity contribution in [1.29, 1.82) is 0 Å². The number of carboxylic acid groups (broad SMARTS) is 1. The average Bonchev–Trinajstić information content (AvgIpc) is 2.91. The summed E-state index contributed by atoms with van der Waals surface area (Å²) in [5.41, 5.74) is 0. The molecule has 0 saturated carbocycles. The molecule has 0 aromatic rings. The van der Waals surface area contributed by atoms with Crippen LogP contribution in [0, 0.1) is 5.92 Å². The van der Waals surface area contributed by atoms with Crippen molar-refractivity contribution in [2.45, 2.75) is 31.4 Å². The van der Waals surface area contributed by atoms with Gasteiger partial charge in [-0.25, -0.2) is 9.59 Å². The lowest BCUT2D eigenvalue weighted by Gasteiger charge is -2.38. The molecule has 0 aromatic carbocycles. The number of carbonyl (C=O) groups excluding carboxylic acids is 1. The zero-order chi connectivity index (χ0) is 15.6. The quantitative estimate of drug-likeness (QED) is 0.777. The molecule has 0 spiro atoms. The number of hydrogen-bond acceptors (Lipinski definition) is 5. The Bertz CT molecular complexity index is 406. The van der Waals surface area contributed by atoms with Gasteiger partial charge in [0.15, 0.2) is 0 Å². The van der Waals surface area contributed by atoms with E-state index in [9.17, 15) is 14.7 Å². The molecule has 2 aliphatic heterocycles. The maximum absolute atomic E-state index is 12.7. The van der Waals surface area contributed by atoms with Gasteiger partial charge < -0.3 is 19.8 Å². The van der Waals surface area contributed by atoms with Crippen LogP contribution in [0.2, 0.25) is 0 Å². The summed E-state index contributed by atoms with van der Waals surface area (Å²) in [6.07, 6.45) is -0.390. The smallest absolute Gasteiger partial charge is 0.327 e. The van der Waals surface area contributed by atoms with Crippen LogP contribution in [0.25, 0.3) is 0 Å². The second kappa shape index (κ2) is 6.85. The van der Waals surface area contributed by atoms with Crippen molar-refractivity contribution in [1.82, 2.24) is 9.80 Å². The van der Waals surface area contributed by atoms with Crippen LogP contribution in [0.1, 0.15) is 13.8 Å². The summed E-state index contributed by atoms with van der Waals surface area (Å²) < 4.78 is 5.33. The van der Waals surface area contributed by atoms with Crippen molar-refractivity contribution in [3.63, 3.8) is 0 Å². The molecule has 0 bridgehead atoms. The van der Waals surface area contributed by atoms with Gasteiger partial charge >= 0.3 is 12.0 Å². The number of carbonyl (C=O) groups is 2. The van der Waals surface area contributed by atoms with Gasteiger partial charge in [-0.05, 0) is 5.92 Å². The highest BCUT2D eigenvalue weighted by molar-refractivity contribution is 8.00. The van der Waals surface area contributed by atoms with Gasteiger partial charge in [0.2, 0.25) is 0 Å². The number of hydrogen-bond donors (Lipinski definition) is 2. The molecule has 0 aromatic heterocycles. The number of thioether (sulfide) groups is 1. The topological polar surface area (TPSA) is 90.3 Å². The van der Waals surface area contributed by atoms with Gasteiger partial charge in [-0.3, -0.25) is 4.90 Å². The van der Waals surface area contributed by atoms with E-state index in [0.29, 0.717) is 25.4 Å². The summed E-state index contributed by atoms with van der Waals surface area (Å²) in [5.74, 6) is -0.374. The molecular formula is C13H22N2O5S. The predicted octanol–water partition coefficient (Wildman–Crippen LogP) is 0.284. The average molecular weight is 318 g/mol. The number of urea groups is 1. The maximum Gasteiger partial charge on any atom is 0.327 e. The first-order valence-electron chi connectivity index (χ1n) is 7.09. The summed E-state index contributed by atoms with van der Waals surface area (Å²) in [6.45, 7) is 4.91. The van der Waals surface area contributed by atoms with Crippen LogP contribution in [-0.2, 0) is 9.53 Å². The van der Waals surface area contributed by atoms with Crippen molar-refractivity contribution in [3.8, 4) is 0 Å². The molecule has 2 aliphatic rings. The number of nitrogens with zero attached hydrogens (tertiary/aromatic N) is 2. The molecule has 7 nitrogen and oxygen atoms in total. The van der Waals surface area contributed by atoms with Crippen molar-refractivity contribution >= 4 is 23.8 Å². The number of aliphatic hydroxyl groups excluding tert-OH is 1. The Morgan fingerprint density at radius 3 is 2.71 bits per heavy atom. The number of aliphatic carboxylic acids is 1. The number of ether oxygens (including phenoxy) is 1. The van der Waals surface area contributed by atoms with Crippen LogP contribution >= 0.6 is 11.8 Å². The van der Waals surface area contributed by atoms with Crippen LogP contribution < -0.4 is 0 Å². The van der Waals surface area contributed by atoms with Crippen molar-refractivity contribution < 1.29 is 24.5 Å². The first kappa shape index (κ1) is 16.4. The van der Waals surface area contributed by atoms with E-state index in [2.05, 4.69) is 0 Å². The molecule has 21 heavy (non-hydrogen) atoms. The van der Waals surface area contributed by atoms with E-state index >= 15 is 0 Å². The summed E-state index contributed by atoms with van der Waals surface area (Å²) >= 11 is 1.51. The molecule has 8 heteroatoms. The van der Waals surface area contributed by atoms with E-state index in [-0.39, 0.29) is 23.9 Å². The number of rotatable bonds is 3. The van der Waals surface area contributed by atoms with Crippen molar-refractivity contribution in [2.75, 3.05) is 32.1 Å². The van der Waals surface area contributed by atoms with Crippen LogP contribution in [0.4, 0.5) is 4.79 Å². The molecule has 2 N–H and O–H groups in total. The lowest BCUT2D eigenvalue weighted by Crippen LogP contribution is -2.56. The van der Waals surface area contributed by atoms with Crippen molar-refractivity contribution in [3.05, 3.63) is 0 Å². The highest BCUT2D eigenvalue weighted by atomic mass is 32.2. The Labute approximate surface area is 128 Å². The normalized spacial score (nSPS) is 30.0. The highest BCUT2D eigenvalue weighted by Crippen LogP contribution is 2.35. The summed E-state index contributed by atoms with van der Waals surface area (Å²) in [4.78, 5) is 27.2. The third kappa shape index (κ3) is 3.44. The van der Waals surface area contributed by atoms with Gasteiger partial charge in [-0.2, -0.15) is 0 Å². The van der Waals surface area contributed by atoms with Gasteiger partial charge in [0.05, 0.1) is 31.2 Å². The molecule has 2 fully saturated rings. The minimum atomic E-state index is -0.967. The van der Waals surface area contributed by atoms with Crippen LogP contribution in [-0.4, -0.2) is 81.6 Å². The van der Waals surface area contributed by atoms with E-state index in [1.54, 1.807) is 4.90 Å². The molecule has 0 aliphatic carbocycles. The minimum absolute atomic E-state index is 0.131. The lowest BCUT2D eigenvalue weighted by atomic mass is 10.1. The third-order valence-electron chi connectivity index (χ3n) is 3.72. The number of carboxylic acids is 1.